The molecule has 0 saturated carbocycles. The number of hydrogen-bond donors (Lipinski definition) is 2. The molecule has 0 aliphatic heterocycles. The van der Waals surface area contributed by atoms with Crippen molar-refractivity contribution in [2.75, 3.05) is 20.3 Å². The molecule has 0 fully saturated rings. The zero-order chi connectivity index (χ0) is 25.5. The molecule has 0 unspecified atom stereocenters. The van der Waals surface area contributed by atoms with Crippen molar-refractivity contribution in [3.05, 3.63) is 89.5 Å². The van der Waals surface area contributed by atoms with Gasteiger partial charge >= 0.3 is 6.09 Å². The quantitative estimate of drug-likeness (QED) is 0.429. The topological polar surface area (TPSA) is 100 Å². The van der Waals surface area contributed by atoms with Gasteiger partial charge in [0.05, 0.1) is 13.2 Å². The second-order valence-corrected chi connectivity index (χ2v) is 8.78. The van der Waals surface area contributed by atoms with E-state index in [1.165, 1.54) is 0 Å². The van der Waals surface area contributed by atoms with Gasteiger partial charge in [-0.05, 0) is 46.2 Å². The van der Waals surface area contributed by atoms with Crippen LogP contribution in [0.25, 0.3) is 11.1 Å². The Morgan fingerprint density at radius 1 is 0.972 bits per heavy atom. The number of hydrogen-bond acceptors (Lipinski definition) is 5. The summed E-state index contributed by atoms with van der Waals surface area (Å²) in [4.78, 5) is 25.6. The molecular weight excluding hydrogens is 454 g/mol. The van der Waals surface area contributed by atoms with Crippen LogP contribution in [0, 0.1) is 11.3 Å². The number of benzene rings is 3. The minimum absolute atomic E-state index is 0.0819. The molecule has 2 atom stereocenters. The molecule has 3 aromatic rings. The van der Waals surface area contributed by atoms with E-state index < -0.39 is 18.0 Å². The average Bonchev–Trinajstić information content (AvgIpc) is 3.23. The molecule has 184 valence electrons. The Morgan fingerprint density at radius 3 is 2.22 bits per heavy atom. The van der Waals surface area contributed by atoms with E-state index in [0.717, 1.165) is 27.8 Å². The molecular formula is C29H29N3O4. The lowest BCUT2D eigenvalue weighted by molar-refractivity contribution is -0.123. The number of nitrogens with zero attached hydrogens (tertiary/aromatic N) is 1. The molecule has 3 aromatic carbocycles. The predicted molar refractivity (Wildman–Crippen MR) is 137 cm³/mol. The summed E-state index contributed by atoms with van der Waals surface area (Å²) in [5.74, 6) is 0.0866. The van der Waals surface area contributed by atoms with Gasteiger partial charge in [-0.15, -0.1) is 0 Å². The Hall–Kier alpha value is -4.31. The molecule has 0 spiro atoms. The van der Waals surface area contributed by atoms with Gasteiger partial charge in [-0.1, -0.05) is 73.7 Å². The monoisotopic (exact) mass is 483 g/mol. The van der Waals surface area contributed by atoms with Crippen LogP contribution < -0.4 is 15.4 Å². The van der Waals surface area contributed by atoms with Crippen LogP contribution in [0.3, 0.4) is 0 Å². The van der Waals surface area contributed by atoms with Crippen LogP contribution in [0.1, 0.15) is 41.9 Å². The second kappa shape index (κ2) is 11.4. The highest BCUT2D eigenvalue weighted by molar-refractivity contribution is 5.86. The van der Waals surface area contributed by atoms with Crippen LogP contribution in [0.4, 0.5) is 4.79 Å². The van der Waals surface area contributed by atoms with Gasteiger partial charge in [0.1, 0.15) is 24.9 Å². The van der Waals surface area contributed by atoms with Gasteiger partial charge in [-0.2, -0.15) is 5.26 Å². The van der Waals surface area contributed by atoms with Crippen molar-refractivity contribution < 1.29 is 19.1 Å². The average molecular weight is 484 g/mol. The Morgan fingerprint density at radius 2 is 1.58 bits per heavy atom. The van der Waals surface area contributed by atoms with Crippen LogP contribution in [0.2, 0.25) is 0 Å². The summed E-state index contributed by atoms with van der Waals surface area (Å²) in [6, 6.07) is 24.8. The first-order valence-corrected chi connectivity index (χ1v) is 11.9. The lowest BCUT2D eigenvalue weighted by atomic mass is 9.92. The lowest BCUT2D eigenvalue weighted by Gasteiger charge is -2.23. The third-order valence-electron chi connectivity index (χ3n) is 6.55. The minimum atomic E-state index is -0.881. The van der Waals surface area contributed by atoms with Crippen molar-refractivity contribution in [1.29, 1.82) is 5.26 Å². The molecule has 0 bridgehead atoms. The van der Waals surface area contributed by atoms with Gasteiger partial charge in [-0.3, -0.25) is 4.79 Å². The van der Waals surface area contributed by atoms with Gasteiger partial charge in [0, 0.05) is 5.92 Å². The van der Waals surface area contributed by atoms with E-state index >= 15 is 0 Å². The molecule has 1 aliphatic carbocycles. The first kappa shape index (κ1) is 24.8. The van der Waals surface area contributed by atoms with Crippen LogP contribution in [0.15, 0.2) is 72.8 Å². The van der Waals surface area contributed by atoms with Gasteiger partial charge in [0.2, 0.25) is 5.91 Å². The zero-order valence-electron chi connectivity index (χ0n) is 20.4. The van der Waals surface area contributed by atoms with E-state index in [0.29, 0.717) is 12.2 Å². The first-order valence-electron chi connectivity index (χ1n) is 11.9. The maximum absolute atomic E-state index is 12.9. The van der Waals surface area contributed by atoms with E-state index in [4.69, 9.17) is 14.7 Å². The smallest absolute Gasteiger partial charge is 0.407 e. The Balaban J connectivity index is 1.46. The molecule has 4 rings (SSSR count). The minimum Gasteiger partial charge on any atom is -0.496 e. The van der Waals surface area contributed by atoms with Gasteiger partial charge in [-0.25, -0.2) is 4.79 Å². The molecule has 0 heterocycles. The summed E-state index contributed by atoms with van der Waals surface area (Å²) in [7, 11) is 1.59. The Labute approximate surface area is 211 Å². The standard InChI is InChI=1S/C29H29N3O4/c1-19(20-9-7-8-14-27(20)35-2)17-26(28(33)31-16-15-30)32-29(34)36-18-25-23-12-5-3-10-21(23)22-11-4-6-13-24(22)25/h3-14,19,25-26H,16-18H2,1-2H3,(H,31,33)(H,32,34)/t19-,26-/m0/s1. The number of carbonyl (C=O) groups is 2. The molecule has 1 aliphatic rings. The number of fused-ring (bicyclic) bond motifs is 3. The maximum Gasteiger partial charge on any atom is 0.407 e. The first-order chi connectivity index (χ1) is 17.5. The number of para-hydroxylation sites is 1. The number of rotatable bonds is 9. The molecule has 36 heavy (non-hydrogen) atoms. The summed E-state index contributed by atoms with van der Waals surface area (Å²) in [5.41, 5.74) is 5.43. The van der Waals surface area contributed by atoms with Crippen LogP contribution in [-0.4, -0.2) is 38.3 Å². The maximum atomic E-state index is 12.9. The zero-order valence-corrected chi connectivity index (χ0v) is 20.4. The highest BCUT2D eigenvalue weighted by Gasteiger charge is 2.30. The molecule has 7 nitrogen and oxygen atoms in total. The van der Waals surface area contributed by atoms with Crippen molar-refractivity contribution in [3.63, 3.8) is 0 Å². The molecule has 0 saturated heterocycles. The van der Waals surface area contributed by atoms with Crippen LogP contribution in [0.5, 0.6) is 5.75 Å². The van der Waals surface area contributed by atoms with Crippen molar-refractivity contribution in [2.24, 2.45) is 0 Å². The number of alkyl carbamates (subject to hydrolysis) is 1. The van der Waals surface area contributed by atoms with Gasteiger partial charge < -0.3 is 20.1 Å². The molecule has 7 heteroatoms. The normalized spacial score (nSPS) is 13.5. The predicted octanol–water partition coefficient (Wildman–Crippen LogP) is 4.74. The van der Waals surface area contributed by atoms with E-state index in [-0.39, 0.29) is 25.0 Å². The fraction of sp³-hybridized carbons (Fsp3) is 0.276. The number of ether oxygens (including phenoxy) is 2. The lowest BCUT2D eigenvalue weighted by Crippen LogP contribution is -2.47. The number of nitrogens with one attached hydrogen (secondary N) is 2. The second-order valence-electron chi connectivity index (χ2n) is 8.78. The summed E-state index contributed by atoms with van der Waals surface area (Å²) in [6.45, 7) is 1.96. The molecule has 2 N–H and O–H groups in total. The summed E-state index contributed by atoms with van der Waals surface area (Å²) < 4.78 is 11.1. The van der Waals surface area contributed by atoms with E-state index in [2.05, 4.69) is 22.8 Å². The fourth-order valence-corrected chi connectivity index (χ4v) is 4.82. The SMILES string of the molecule is COc1ccccc1[C@@H](C)C[C@H](NC(=O)OCC1c2ccccc2-c2ccccc21)C(=O)NCC#N. The Kier molecular flexibility index (Phi) is 7.86. The van der Waals surface area contributed by atoms with Crippen LogP contribution in [-0.2, 0) is 9.53 Å². The van der Waals surface area contributed by atoms with Crippen LogP contribution >= 0.6 is 0 Å². The molecule has 0 radical (unpaired) electrons. The number of methoxy groups -OCH3 is 1. The molecule has 2 amide bonds. The van der Waals surface area contributed by atoms with Gasteiger partial charge in [0.25, 0.3) is 0 Å². The third-order valence-corrected chi connectivity index (χ3v) is 6.55. The van der Waals surface area contributed by atoms with Crippen molar-refractivity contribution in [3.8, 4) is 22.9 Å². The number of nitriles is 1. The highest BCUT2D eigenvalue weighted by Crippen LogP contribution is 2.44. The van der Waals surface area contributed by atoms with Crippen molar-refractivity contribution in [2.45, 2.75) is 31.2 Å². The van der Waals surface area contributed by atoms with E-state index in [1.54, 1.807) is 7.11 Å². The van der Waals surface area contributed by atoms with Crippen molar-refractivity contribution in [1.82, 2.24) is 10.6 Å². The van der Waals surface area contributed by atoms with E-state index in [9.17, 15) is 9.59 Å². The summed E-state index contributed by atoms with van der Waals surface area (Å²) in [6.07, 6.45) is -0.372. The number of carbonyl (C=O) groups excluding carboxylic acids is 2. The highest BCUT2D eigenvalue weighted by atomic mass is 16.5. The van der Waals surface area contributed by atoms with Gasteiger partial charge in [0.15, 0.2) is 0 Å². The number of amides is 2. The largest absolute Gasteiger partial charge is 0.496 e. The van der Waals surface area contributed by atoms with E-state index in [1.807, 2.05) is 73.7 Å². The third kappa shape index (κ3) is 5.33. The van der Waals surface area contributed by atoms with Crippen molar-refractivity contribution >= 4 is 12.0 Å². The molecule has 0 aromatic heterocycles. The fourth-order valence-electron chi connectivity index (χ4n) is 4.82. The summed E-state index contributed by atoms with van der Waals surface area (Å²) >= 11 is 0. The summed E-state index contributed by atoms with van der Waals surface area (Å²) in [5, 5.41) is 14.1. The Bertz CT molecular complexity index is 1240.